The van der Waals surface area contributed by atoms with Gasteiger partial charge in [0, 0.05) is 24.4 Å². The minimum Gasteiger partial charge on any atom is -0.490 e. The van der Waals surface area contributed by atoms with Gasteiger partial charge in [0.05, 0.1) is 11.3 Å². The standard InChI is InChI=1S/C23H28N2O4S2/c1-5-25(6-2)11-12-29-20-17(16-10-13-30-14-16)8-9-18-19(23(27)28-7-3)22(24-15(4)26)31-21(18)20/h8-10,13-14H,5-7,11-12H2,1-4H3,(H,24,26). The SMILES string of the molecule is CCOC(=O)c1c(NC(C)=O)sc2c(OCCN(CC)CC)c(-c3ccsc3)ccc12. The quantitative estimate of drug-likeness (QED) is 0.406. The van der Waals surface area contributed by atoms with Gasteiger partial charge in [0.25, 0.3) is 0 Å². The van der Waals surface area contributed by atoms with Crippen LogP contribution in [0.2, 0.25) is 0 Å². The largest absolute Gasteiger partial charge is 0.490 e. The normalized spacial score (nSPS) is 11.1. The predicted octanol–water partition coefficient (Wildman–Crippen LogP) is 5.49. The summed E-state index contributed by atoms with van der Waals surface area (Å²) in [5.74, 6) is 0.0456. The number of hydrogen-bond acceptors (Lipinski definition) is 7. The molecule has 6 nitrogen and oxygen atoms in total. The van der Waals surface area contributed by atoms with Crippen molar-refractivity contribution in [1.29, 1.82) is 0 Å². The van der Waals surface area contributed by atoms with Crippen LogP contribution in [0.15, 0.2) is 29.0 Å². The number of ether oxygens (including phenoxy) is 2. The molecule has 0 saturated carbocycles. The predicted molar refractivity (Wildman–Crippen MR) is 129 cm³/mol. The average molecular weight is 461 g/mol. The van der Waals surface area contributed by atoms with E-state index in [0.717, 1.165) is 46.6 Å². The van der Waals surface area contributed by atoms with E-state index < -0.39 is 5.97 Å². The number of fused-ring (bicyclic) bond motifs is 1. The van der Waals surface area contributed by atoms with Gasteiger partial charge in [-0.05, 0) is 48.5 Å². The summed E-state index contributed by atoms with van der Waals surface area (Å²) in [7, 11) is 0. The van der Waals surface area contributed by atoms with Crippen molar-refractivity contribution in [2.24, 2.45) is 0 Å². The van der Waals surface area contributed by atoms with Crippen molar-refractivity contribution in [3.63, 3.8) is 0 Å². The number of anilines is 1. The Kier molecular flexibility index (Phi) is 8.06. The lowest BCUT2D eigenvalue weighted by Gasteiger charge is -2.19. The molecule has 0 unspecified atom stereocenters. The van der Waals surface area contributed by atoms with Crippen molar-refractivity contribution in [2.45, 2.75) is 27.7 Å². The first-order valence-corrected chi connectivity index (χ1v) is 12.2. The number of nitrogens with zero attached hydrogens (tertiary/aromatic N) is 1. The second-order valence-corrected chi connectivity index (χ2v) is 8.71. The zero-order valence-electron chi connectivity index (χ0n) is 18.3. The van der Waals surface area contributed by atoms with Crippen LogP contribution in [-0.2, 0) is 9.53 Å². The van der Waals surface area contributed by atoms with Crippen molar-refractivity contribution in [1.82, 2.24) is 4.90 Å². The molecule has 8 heteroatoms. The first-order valence-electron chi connectivity index (χ1n) is 10.4. The molecule has 0 aliphatic carbocycles. The Morgan fingerprint density at radius 1 is 1.13 bits per heavy atom. The maximum absolute atomic E-state index is 12.7. The molecule has 2 aromatic heterocycles. The lowest BCUT2D eigenvalue weighted by molar-refractivity contribution is -0.114. The third kappa shape index (κ3) is 5.26. The highest BCUT2D eigenvalue weighted by molar-refractivity contribution is 7.24. The smallest absolute Gasteiger partial charge is 0.341 e. The molecule has 0 saturated heterocycles. The Hall–Kier alpha value is -2.42. The van der Waals surface area contributed by atoms with Crippen LogP contribution in [0.5, 0.6) is 5.75 Å². The maximum atomic E-state index is 12.7. The second-order valence-electron chi connectivity index (χ2n) is 6.91. The van der Waals surface area contributed by atoms with Crippen LogP contribution < -0.4 is 10.1 Å². The van der Waals surface area contributed by atoms with Crippen LogP contribution in [-0.4, -0.2) is 49.6 Å². The Labute approximate surface area is 190 Å². The van der Waals surface area contributed by atoms with E-state index in [-0.39, 0.29) is 12.5 Å². The van der Waals surface area contributed by atoms with Crippen LogP contribution in [0, 0.1) is 0 Å². The molecule has 3 rings (SSSR count). The summed E-state index contributed by atoms with van der Waals surface area (Å²) in [6.45, 7) is 11.0. The van der Waals surface area contributed by atoms with Crippen LogP contribution in [0.4, 0.5) is 5.00 Å². The van der Waals surface area contributed by atoms with E-state index in [1.807, 2.05) is 17.5 Å². The Bertz CT molecular complexity index is 1040. The van der Waals surface area contributed by atoms with Gasteiger partial charge in [-0.1, -0.05) is 19.9 Å². The molecule has 0 fully saturated rings. The average Bonchev–Trinajstić information content (AvgIpc) is 3.39. The Morgan fingerprint density at radius 3 is 2.52 bits per heavy atom. The van der Waals surface area contributed by atoms with Crippen LogP contribution in [0.3, 0.4) is 0 Å². The van der Waals surface area contributed by atoms with Gasteiger partial charge in [-0.25, -0.2) is 4.79 Å². The minimum absolute atomic E-state index is 0.237. The van der Waals surface area contributed by atoms with Gasteiger partial charge in [-0.15, -0.1) is 11.3 Å². The summed E-state index contributed by atoms with van der Waals surface area (Å²) in [6.07, 6.45) is 0. The van der Waals surface area contributed by atoms with Crippen LogP contribution >= 0.6 is 22.7 Å². The molecular formula is C23H28N2O4S2. The van der Waals surface area contributed by atoms with E-state index in [0.29, 0.717) is 17.2 Å². The van der Waals surface area contributed by atoms with E-state index in [2.05, 4.69) is 35.5 Å². The fraction of sp³-hybridized carbons (Fsp3) is 0.391. The molecule has 2 heterocycles. The number of carbonyl (C=O) groups is 2. The fourth-order valence-electron chi connectivity index (χ4n) is 3.40. The van der Waals surface area contributed by atoms with E-state index in [1.165, 1.54) is 18.3 Å². The molecule has 1 aromatic carbocycles. The van der Waals surface area contributed by atoms with Gasteiger partial charge in [-0.3, -0.25) is 4.79 Å². The number of benzene rings is 1. The van der Waals surface area contributed by atoms with Crippen molar-refractivity contribution in [3.05, 3.63) is 34.5 Å². The lowest BCUT2D eigenvalue weighted by atomic mass is 10.0. The molecule has 0 bridgehead atoms. The minimum atomic E-state index is -0.449. The summed E-state index contributed by atoms with van der Waals surface area (Å²) in [6, 6.07) is 5.94. The van der Waals surface area contributed by atoms with Crippen molar-refractivity contribution >= 4 is 49.6 Å². The summed E-state index contributed by atoms with van der Waals surface area (Å²) < 4.78 is 12.4. The summed E-state index contributed by atoms with van der Waals surface area (Å²) in [5.41, 5.74) is 2.42. The summed E-state index contributed by atoms with van der Waals surface area (Å²) in [5, 5.41) is 8.11. The lowest BCUT2D eigenvalue weighted by Crippen LogP contribution is -2.28. The van der Waals surface area contributed by atoms with Gasteiger partial charge < -0.3 is 19.7 Å². The van der Waals surface area contributed by atoms with Gasteiger partial charge in [-0.2, -0.15) is 11.3 Å². The second kappa shape index (κ2) is 10.7. The Balaban J connectivity index is 2.12. The number of amides is 1. The van der Waals surface area contributed by atoms with Gasteiger partial charge in [0.1, 0.15) is 22.9 Å². The highest BCUT2D eigenvalue weighted by Gasteiger charge is 2.25. The number of nitrogens with one attached hydrogen (secondary N) is 1. The van der Waals surface area contributed by atoms with Crippen molar-refractivity contribution in [2.75, 3.05) is 38.2 Å². The number of esters is 1. The van der Waals surface area contributed by atoms with E-state index in [9.17, 15) is 9.59 Å². The number of hydrogen-bond donors (Lipinski definition) is 1. The number of carbonyl (C=O) groups excluding carboxylic acids is 2. The maximum Gasteiger partial charge on any atom is 0.341 e. The van der Waals surface area contributed by atoms with Crippen LogP contribution in [0.1, 0.15) is 38.1 Å². The van der Waals surface area contributed by atoms with Crippen molar-refractivity contribution < 1.29 is 19.1 Å². The third-order valence-electron chi connectivity index (χ3n) is 4.96. The Morgan fingerprint density at radius 2 is 1.90 bits per heavy atom. The van der Waals surface area contributed by atoms with Crippen LogP contribution in [0.25, 0.3) is 21.2 Å². The summed E-state index contributed by atoms with van der Waals surface area (Å²) >= 11 is 2.97. The van der Waals surface area contributed by atoms with E-state index in [1.54, 1.807) is 18.3 Å². The van der Waals surface area contributed by atoms with Crippen molar-refractivity contribution in [3.8, 4) is 16.9 Å². The number of thiophene rings is 2. The molecule has 0 atom stereocenters. The summed E-state index contributed by atoms with van der Waals surface area (Å²) in [4.78, 5) is 26.8. The number of rotatable bonds is 10. The molecule has 0 aliphatic heterocycles. The molecule has 1 N–H and O–H groups in total. The zero-order valence-corrected chi connectivity index (χ0v) is 20.0. The first-order chi connectivity index (χ1) is 15.0. The van der Waals surface area contributed by atoms with Gasteiger partial charge >= 0.3 is 5.97 Å². The molecule has 1 amide bonds. The molecular weight excluding hydrogens is 432 g/mol. The monoisotopic (exact) mass is 460 g/mol. The highest BCUT2D eigenvalue weighted by Crippen LogP contribution is 2.46. The first kappa shape index (κ1) is 23.2. The molecule has 0 spiro atoms. The highest BCUT2D eigenvalue weighted by atomic mass is 32.1. The van der Waals surface area contributed by atoms with Gasteiger partial charge in [0.2, 0.25) is 5.91 Å². The fourth-order valence-corrected chi connectivity index (χ4v) is 5.29. The molecule has 31 heavy (non-hydrogen) atoms. The number of likely N-dealkylation sites (N-methyl/N-ethyl adjacent to an activating group) is 1. The molecule has 3 aromatic rings. The van der Waals surface area contributed by atoms with E-state index >= 15 is 0 Å². The molecule has 166 valence electrons. The van der Waals surface area contributed by atoms with E-state index in [4.69, 9.17) is 9.47 Å². The zero-order chi connectivity index (χ0) is 22.4. The topological polar surface area (TPSA) is 67.9 Å². The van der Waals surface area contributed by atoms with Gasteiger partial charge in [0.15, 0.2) is 0 Å². The molecule has 0 aliphatic rings. The molecule has 0 radical (unpaired) electrons. The third-order valence-corrected chi connectivity index (χ3v) is 6.77.